The second-order valence-electron chi connectivity index (χ2n) is 6.22. The molecule has 0 saturated carbocycles. The maximum atomic E-state index is 12.0. The number of amides is 2. The van der Waals surface area contributed by atoms with Crippen molar-refractivity contribution < 1.29 is 19.2 Å². The fourth-order valence-electron chi connectivity index (χ4n) is 2.03. The SMILES string of the molecule is CC(C)(C)OC(=O)N1CC[C@@H]1C(=O)NOCc1ccccc1. The molecule has 1 aromatic rings. The third kappa shape index (κ3) is 4.46. The average Bonchev–Trinajstić information content (AvgIpc) is 2.36. The van der Waals surface area contributed by atoms with Gasteiger partial charge in [-0.3, -0.25) is 14.5 Å². The largest absolute Gasteiger partial charge is 0.444 e. The predicted octanol–water partition coefficient (Wildman–Crippen LogP) is 2.24. The lowest BCUT2D eigenvalue weighted by Crippen LogP contribution is -2.59. The van der Waals surface area contributed by atoms with Crippen LogP contribution in [0.1, 0.15) is 32.8 Å². The van der Waals surface area contributed by atoms with Crippen LogP contribution >= 0.6 is 0 Å². The van der Waals surface area contributed by atoms with Crippen LogP contribution < -0.4 is 5.48 Å². The zero-order chi connectivity index (χ0) is 16.2. The Morgan fingerprint density at radius 3 is 2.50 bits per heavy atom. The van der Waals surface area contributed by atoms with Crippen molar-refractivity contribution in [3.63, 3.8) is 0 Å². The molecule has 2 rings (SSSR count). The van der Waals surface area contributed by atoms with Crippen molar-refractivity contribution in [2.75, 3.05) is 6.54 Å². The number of nitrogens with one attached hydrogen (secondary N) is 1. The van der Waals surface area contributed by atoms with Crippen LogP contribution in [0.3, 0.4) is 0 Å². The molecule has 0 spiro atoms. The van der Waals surface area contributed by atoms with Gasteiger partial charge in [-0.25, -0.2) is 10.3 Å². The first-order valence-electron chi connectivity index (χ1n) is 7.32. The minimum Gasteiger partial charge on any atom is -0.444 e. The number of ether oxygens (including phenoxy) is 1. The van der Waals surface area contributed by atoms with Crippen molar-refractivity contribution in [2.24, 2.45) is 0 Å². The lowest BCUT2D eigenvalue weighted by molar-refractivity contribution is -0.144. The normalized spacial score (nSPS) is 17.6. The lowest BCUT2D eigenvalue weighted by atomic mass is 10.0. The number of likely N-dealkylation sites (tertiary alicyclic amines) is 1. The lowest BCUT2D eigenvalue weighted by Gasteiger charge is -2.39. The Morgan fingerprint density at radius 2 is 1.95 bits per heavy atom. The fraction of sp³-hybridized carbons (Fsp3) is 0.500. The first-order valence-corrected chi connectivity index (χ1v) is 7.32. The van der Waals surface area contributed by atoms with E-state index in [0.717, 1.165) is 5.56 Å². The van der Waals surface area contributed by atoms with Gasteiger partial charge in [0.15, 0.2) is 0 Å². The van der Waals surface area contributed by atoms with Crippen LogP contribution in [0.5, 0.6) is 0 Å². The fourth-order valence-corrected chi connectivity index (χ4v) is 2.03. The molecule has 0 bridgehead atoms. The topological polar surface area (TPSA) is 67.9 Å². The Balaban J connectivity index is 1.77. The van der Waals surface area contributed by atoms with Gasteiger partial charge in [-0.2, -0.15) is 0 Å². The van der Waals surface area contributed by atoms with Crippen LogP contribution in [0.15, 0.2) is 30.3 Å². The van der Waals surface area contributed by atoms with Crippen LogP contribution in [0.2, 0.25) is 0 Å². The Morgan fingerprint density at radius 1 is 1.27 bits per heavy atom. The van der Waals surface area contributed by atoms with Crippen molar-refractivity contribution in [3.05, 3.63) is 35.9 Å². The van der Waals surface area contributed by atoms with Crippen LogP contribution in [-0.2, 0) is 21.0 Å². The molecule has 1 N–H and O–H groups in total. The molecule has 1 fully saturated rings. The molecule has 0 aliphatic carbocycles. The number of rotatable bonds is 4. The highest BCUT2D eigenvalue weighted by Gasteiger charge is 2.40. The Labute approximate surface area is 130 Å². The molecule has 2 amide bonds. The summed E-state index contributed by atoms with van der Waals surface area (Å²) in [6.45, 7) is 6.19. The highest BCUT2D eigenvalue weighted by molar-refractivity contribution is 5.86. The number of hydroxylamine groups is 1. The third-order valence-corrected chi connectivity index (χ3v) is 3.20. The number of nitrogens with zero attached hydrogens (tertiary/aromatic N) is 1. The minimum absolute atomic E-state index is 0.283. The summed E-state index contributed by atoms with van der Waals surface area (Å²) in [4.78, 5) is 30.5. The summed E-state index contributed by atoms with van der Waals surface area (Å²) in [5.74, 6) is -0.326. The van der Waals surface area contributed by atoms with E-state index in [4.69, 9.17) is 9.57 Å². The van der Waals surface area contributed by atoms with Gasteiger partial charge in [-0.1, -0.05) is 30.3 Å². The van der Waals surface area contributed by atoms with E-state index in [-0.39, 0.29) is 12.5 Å². The van der Waals surface area contributed by atoms with Crippen molar-refractivity contribution in [1.29, 1.82) is 0 Å². The summed E-state index contributed by atoms with van der Waals surface area (Å²) >= 11 is 0. The number of carbonyl (C=O) groups excluding carboxylic acids is 2. The Kier molecular flexibility index (Phi) is 5.03. The van der Waals surface area contributed by atoms with Crippen molar-refractivity contribution in [2.45, 2.75) is 45.4 Å². The average molecular weight is 306 g/mol. The van der Waals surface area contributed by atoms with Crippen LogP contribution in [0, 0.1) is 0 Å². The first kappa shape index (κ1) is 16.3. The van der Waals surface area contributed by atoms with Gasteiger partial charge in [0.25, 0.3) is 5.91 Å². The van der Waals surface area contributed by atoms with E-state index in [1.54, 1.807) is 20.8 Å². The molecule has 1 aliphatic rings. The summed E-state index contributed by atoms with van der Waals surface area (Å²) < 4.78 is 5.26. The van der Waals surface area contributed by atoms with Crippen molar-refractivity contribution in [3.8, 4) is 0 Å². The number of hydrogen-bond acceptors (Lipinski definition) is 4. The summed E-state index contributed by atoms with van der Waals surface area (Å²) in [5.41, 5.74) is 2.78. The molecule has 1 heterocycles. The summed E-state index contributed by atoms with van der Waals surface area (Å²) in [6.07, 6.45) is 0.140. The van der Waals surface area contributed by atoms with Gasteiger partial charge in [0, 0.05) is 6.54 Å². The van der Waals surface area contributed by atoms with Crippen LogP contribution in [-0.4, -0.2) is 35.1 Å². The van der Waals surface area contributed by atoms with Gasteiger partial charge < -0.3 is 4.74 Å². The summed E-state index contributed by atoms with van der Waals surface area (Å²) in [6, 6.07) is 9.00. The zero-order valence-corrected chi connectivity index (χ0v) is 13.2. The van der Waals surface area contributed by atoms with Gasteiger partial charge in [0.1, 0.15) is 11.6 Å². The molecular formula is C16H22N2O4. The molecular weight excluding hydrogens is 284 g/mol. The van der Waals surface area contributed by atoms with E-state index in [2.05, 4.69) is 5.48 Å². The molecule has 1 aromatic carbocycles. The Hall–Kier alpha value is -2.08. The van der Waals surface area contributed by atoms with Gasteiger partial charge >= 0.3 is 6.09 Å². The maximum Gasteiger partial charge on any atom is 0.410 e. The summed E-state index contributed by atoms with van der Waals surface area (Å²) in [7, 11) is 0. The van der Waals surface area contributed by atoms with E-state index < -0.39 is 17.7 Å². The maximum absolute atomic E-state index is 12.0. The van der Waals surface area contributed by atoms with E-state index in [1.165, 1.54) is 4.90 Å². The second kappa shape index (κ2) is 6.79. The number of benzene rings is 1. The predicted molar refractivity (Wildman–Crippen MR) is 80.7 cm³/mol. The summed E-state index contributed by atoms with van der Waals surface area (Å²) in [5, 5.41) is 0. The molecule has 1 aliphatic heterocycles. The highest BCUT2D eigenvalue weighted by atomic mass is 16.7. The van der Waals surface area contributed by atoms with Gasteiger partial charge in [-0.05, 0) is 32.8 Å². The molecule has 120 valence electrons. The van der Waals surface area contributed by atoms with Gasteiger partial charge in [0.2, 0.25) is 0 Å². The standard InChI is InChI=1S/C16H22N2O4/c1-16(2,3)22-15(20)18-10-9-13(18)14(19)17-21-11-12-7-5-4-6-8-12/h4-8,13H,9-11H2,1-3H3,(H,17,19)/t13-/m1/s1. The van der Waals surface area contributed by atoms with Crippen LogP contribution in [0.4, 0.5) is 4.79 Å². The second-order valence-corrected chi connectivity index (χ2v) is 6.22. The van der Waals surface area contributed by atoms with Crippen LogP contribution in [0.25, 0.3) is 0 Å². The van der Waals surface area contributed by atoms with E-state index in [0.29, 0.717) is 13.0 Å². The van der Waals surface area contributed by atoms with Crippen molar-refractivity contribution >= 4 is 12.0 Å². The molecule has 1 saturated heterocycles. The van der Waals surface area contributed by atoms with Gasteiger partial charge in [-0.15, -0.1) is 0 Å². The highest BCUT2D eigenvalue weighted by Crippen LogP contribution is 2.21. The molecule has 0 unspecified atom stereocenters. The molecule has 0 aromatic heterocycles. The number of hydrogen-bond donors (Lipinski definition) is 1. The molecule has 22 heavy (non-hydrogen) atoms. The van der Waals surface area contributed by atoms with Gasteiger partial charge in [0.05, 0.1) is 6.61 Å². The van der Waals surface area contributed by atoms with E-state index in [1.807, 2.05) is 30.3 Å². The molecule has 0 radical (unpaired) electrons. The Bertz CT molecular complexity index is 525. The molecule has 6 heteroatoms. The van der Waals surface area contributed by atoms with E-state index >= 15 is 0 Å². The van der Waals surface area contributed by atoms with Crippen molar-refractivity contribution in [1.82, 2.24) is 10.4 Å². The minimum atomic E-state index is -0.572. The zero-order valence-electron chi connectivity index (χ0n) is 13.2. The number of carbonyl (C=O) groups is 2. The smallest absolute Gasteiger partial charge is 0.410 e. The monoisotopic (exact) mass is 306 g/mol. The third-order valence-electron chi connectivity index (χ3n) is 3.20. The van der Waals surface area contributed by atoms with E-state index in [9.17, 15) is 9.59 Å². The molecule has 6 nitrogen and oxygen atoms in total. The quantitative estimate of drug-likeness (QED) is 0.866. The first-order chi connectivity index (χ1) is 10.4. The molecule has 1 atom stereocenters.